The largest absolute Gasteiger partial charge is 0.378 e. The van der Waals surface area contributed by atoms with E-state index in [2.05, 4.69) is 74.1 Å². The van der Waals surface area contributed by atoms with Crippen LogP contribution in [0.5, 0.6) is 0 Å². The molecule has 0 aliphatic heterocycles. The fraction of sp³-hybridized carbons (Fsp3) is 0.250. The van der Waals surface area contributed by atoms with Gasteiger partial charge >= 0.3 is 0 Å². The van der Waals surface area contributed by atoms with Crippen molar-refractivity contribution in [1.29, 1.82) is 0 Å². The molecular weight excluding hydrogens is 393 g/mol. The molecular formula is C12H13BrIN3. The van der Waals surface area contributed by atoms with Crippen LogP contribution in [0, 0.1) is 3.57 Å². The van der Waals surface area contributed by atoms with Gasteiger partial charge in [-0.05, 0) is 69.7 Å². The van der Waals surface area contributed by atoms with Crippen molar-refractivity contribution < 1.29 is 0 Å². The van der Waals surface area contributed by atoms with Crippen molar-refractivity contribution in [1.82, 2.24) is 9.78 Å². The second-order valence-corrected chi connectivity index (χ2v) is 5.72. The van der Waals surface area contributed by atoms with Crippen LogP contribution in [0.1, 0.15) is 12.6 Å². The Balaban J connectivity index is 2.07. The van der Waals surface area contributed by atoms with Crippen molar-refractivity contribution >= 4 is 44.2 Å². The van der Waals surface area contributed by atoms with Crippen molar-refractivity contribution in [2.75, 3.05) is 5.32 Å². The van der Waals surface area contributed by atoms with Crippen molar-refractivity contribution in [3.05, 3.63) is 44.2 Å². The Kier molecular flexibility index (Phi) is 4.44. The maximum absolute atomic E-state index is 4.25. The van der Waals surface area contributed by atoms with Gasteiger partial charge < -0.3 is 5.32 Å². The molecule has 1 heterocycles. The van der Waals surface area contributed by atoms with Crippen LogP contribution in [0.3, 0.4) is 0 Å². The van der Waals surface area contributed by atoms with Gasteiger partial charge in [0.2, 0.25) is 0 Å². The van der Waals surface area contributed by atoms with E-state index in [0.29, 0.717) is 0 Å². The van der Waals surface area contributed by atoms with Gasteiger partial charge in [-0.1, -0.05) is 0 Å². The summed E-state index contributed by atoms with van der Waals surface area (Å²) in [5.74, 6) is 0. The number of hydrogen-bond acceptors (Lipinski definition) is 2. The van der Waals surface area contributed by atoms with E-state index in [0.717, 1.165) is 23.2 Å². The Bertz CT molecular complexity index is 510. The Morgan fingerprint density at radius 1 is 1.41 bits per heavy atom. The molecule has 3 nitrogen and oxygen atoms in total. The van der Waals surface area contributed by atoms with Crippen LogP contribution in [0.4, 0.5) is 5.69 Å². The molecule has 0 aliphatic rings. The zero-order valence-electron chi connectivity index (χ0n) is 9.45. The molecule has 1 N–H and O–H groups in total. The molecule has 5 heteroatoms. The normalized spacial score (nSPS) is 10.5. The number of halogens is 2. The monoisotopic (exact) mass is 405 g/mol. The van der Waals surface area contributed by atoms with Crippen LogP contribution < -0.4 is 5.32 Å². The lowest BCUT2D eigenvalue weighted by atomic mass is 10.3. The molecule has 2 rings (SSSR count). The fourth-order valence-electron chi connectivity index (χ4n) is 1.61. The lowest BCUT2D eigenvalue weighted by molar-refractivity contribution is 0.627. The third kappa shape index (κ3) is 3.22. The van der Waals surface area contributed by atoms with E-state index in [1.807, 2.05) is 16.9 Å². The first-order chi connectivity index (χ1) is 8.20. The molecule has 0 unspecified atom stereocenters. The SMILES string of the molecule is CCn1nccc1CNc1ccc(I)cc1Br. The lowest BCUT2D eigenvalue weighted by Gasteiger charge is -2.10. The predicted molar refractivity (Wildman–Crippen MR) is 82.1 cm³/mol. The van der Waals surface area contributed by atoms with Gasteiger partial charge in [-0.15, -0.1) is 0 Å². The molecule has 1 aromatic heterocycles. The number of nitrogens with one attached hydrogen (secondary N) is 1. The van der Waals surface area contributed by atoms with Gasteiger partial charge in [-0.3, -0.25) is 4.68 Å². The van der Waals surface area contributed by atoms with Crippen LogP contribution in [0.2, 0.25) is 0 Å². The second kappa shape index (κ2) is 5.86. The van der Waals surface area contributed by atoms with Gasteiger partial charge in [-0.2, -0.15) is 5.10 Å². The van der Waals surface area contributed by atoms with Crippen LogP contribution >= 0.6 is 38.5 Å². The topological polar surface area (TPSA) is 29.9 Å². The zero-order chi connectivity index (χ0) is 12.3. The summed E-state index contributed by atoms with van der Waals surface area (Å²) in [4.78, 5) is 0. The Labute approximate surface area is 123 Å². The summed E-state index contributed by atoms with van der Waals surface area (Å²) in [6.07, 6.45) is 1.84. The number of aryl methyl sites for hydroxylation is 1. The Hall–Kier alpha value is -0.560. The predicted octanol–water partition coefficient (Wildman–Crippen LogP) is 3.88. The van der Waals surface area contributed by atoms with Crippen LogP contribution in [-0.2, 0) is 13.1 Å². The minimum absolute atomic E-state index is 0.785. The summed E-state index contributed by atoms with van der Waals surface area (Å²) in [6, 6.07) is 8.31. The van der Waals surface area contributed by atoms with Gasteiger partial charge in [-0.25, -0.2) is 0 Å². The third-order valence-corrected chi connectivity index (χ3v) is 3.82. The van der Waals surface area contributed by atoms with E-state index >= 15 is 0 Å². The third-order valence-electron chi connectivity index (χ3n) is 2.50. The van der Waals surface area contributed by atoms with E-state index in [9.17, 15) is 0 Å². The van der Waals surface area contributed by atoms with E-state index in [4.69, 9.17) is 0 Å². The minimum Gasteiger partial charge on any atom is -0.378 e. The Morgan fingerprint density at radius 3 is 2.94 bits per heavy atom. The molecule has 2 aromatic rings. The first-order valence-corrected chi connectivity index (χ1v) is 7.27. The van der Waals surface area contributed by atoms with E-state index < -0.39 is 0 Å². The molecule has 0 fully saturated rings. The van der Waals surface area contributed by atoms with Crippen molar-refractivity contribution in [2.45, 2.75) is 20.0 Å². The zero-order valence-corrected chi connectivity index (χ0v) is 13.2. The van der Waals surface area contributed by atoms with Crippen molar-refractivity contribution in [2.24, 2.45) is 0 Å². The highest BCUT2D eigenvalue weighted by molar-refractivity contribution is 14.1. The quantitative estimate of drug-likeness (QED) is 0.782. The molecule has 17 heavy (non-hydrogen) atoms. The second-order valence-electron chi connectivity index (χ2n) is 3.62. The number of hydrogen-bond donors (Lipinski definition) is 1. The van der Waals surface area contributed by atoms with Crippen LogP contribution in [-0.4, -0.2) is 9.78 Å². The first-order valence-electron chi connectivity index (χ1n) is 5.40. The first kappa shape index (κ1) is 12.9. The van der Waals surface area contributed by atoms with Crippen molar-refractivity contribution in [3.63, 3.8) is 0 Å². The summed E-state index contributed by atoms with van der Waals surface area (Å²) in [6.45, 7) is 3.78. The summed E-state index contributed by atoms with van der Waals surface area (Å²) >= 11 is 5.86. The highest BCUT2D eigenvalue weighted by Gasteiger charge is 2.03. The van der Waals surface area contributed by atoms with Gasteiger partial charge in [0.25, 0.3) is 0 Å². The number of benzene rings is 1. The number of aromatic nitrogens is 2. The van der Waals surface area contributed by atoms with Gasteiger partial charge in [0.15, 0.2) is 0 Å². The van der Waals surface area contributed by atoms with Gasteiger partial charge in [0, 0.05) is 26.5 Å². The summed E-state index contributed by atoms with van der Waals surface area (Å²) in [5, 5.41) is 7.65. The average molecular weight is 406 g/mol. The maximum Gasteiger partial charge on any atom is 0.0575 e. The highest BCUT2D eigenvalue weighted by Crippen LogP contribution is 2.24. The smallest absolute Gasteiger partial charge is 0.0575 e. The number of nitrogens with zero attached hydrogens (tertiary/aromatic N) is 2. The Morgan fingerprint density at radius 2 is 2.24 bits per heavy atom. The minimum atomic E-state index is 0.785. The molecule has 0 atom stereocenters. The molecule has 0 bridgehead atoms. The number of anilines is 1. The average Bonchev–Trinajstić information content (AvgIpc) is 2.75. The summed E-state index contributed by atoms with van der Waals surface area (Å²) < 4.78 is 4.30. The van der Waals surface area contributed by atoms with E-state index in [-0.39, 0.29) is 0 Å². The lowest BCUT2D eigenvalue weighted by Crippen LogP contribution is -2.08. The molecule has 0 amide bonds. The highest BCUT2D eigenvalue weighted by atomic mass is 127. The van der Waals surface area contributed by atoms with Gasteiger partial charge in [0.05, 0.1) is 12.2 Å². The molecule has 0 radical (unpaired) electrons. The van der Waals surface area contributed by atoms with Gasteiger partial charge in [0.1, 0.15) is 0 Å². The molecule has 1 aromatic carbocycles. The number of rotatable bonds is 4. The molecule has 90 valence electrons. The maximum atomic E-state index is 4.25. The van der Waals surface area contributed by atoms with E-state index in [1.54, 1.807) is 0 Å². The fourth-order valence-corrected chi connectivity index (χ4v) is 3.05. The molecule has 0 aliphatic carbocycles. The standard InChI is InChI=1S/C12H13BrIN3/c1-2-17-10(5-6-16-17)8-15-12-4-3-9(14)7-11(12)13/h3-7,15H,2,8H2,1H3. The molecule has 0 saturated carbocycles. The molecule has 0 saturated heterocycles. The summed E-state index contributed by atoms with van der Waals surface area (Å²) in [5.41, 5.74) is 2.30. The van der Waals surface area contributed by atoms with Crippen LogP contribution in [0.15, 0.2) is 34.9 Å². The van der Waals surface area contributed by atoms with Crippen molar-refractivity contribution in [3.8, 4) is 0 Å². The molecule has 0 spiro atoms. The summed E-state index contributed by atoms with van der Waals surface area (Å²) in [7, 11) is 0. The van der Waals surface area contributed by atoms with E-state index in [1.165, 1.54) is 9.26 Å². The van der Waals surface area contributed by atoms with Crippen LogP contribution in [0.25, 0.3) is 0 Å².